The fourth-order valence-corrected chi connectivity index (χ4v) is 5.18. The van der Waals surface area contributed by atoms with Crippen LogP contribution in [0.3, 0.4) is 0 Å². The summed E-state index contributed by atoms with van der Waals surface area (Å²) in [7, 11) is 0. The Morgan fingerprint density at radius 3 is 2.70 bits per heavy atom. The molecule has 1 N–H and O–H groups in total. The van der Waals surface area contributed by atoms with Crippen molar-refractivity contribution < 1.29 is 9.53 Å². The molecule has 2 aliphatic rings. The van der Waals surface area contributed by atoms with Gasteiger partial charge in [-0.3, -0.25) is 4.79 Å². The molecule has 2 aliphatic carbocycles. The topological polar surface area (TPSA) is 38.3 Å². The van der Waals surface area contributed by atoms with Gasteiger partial charge in [0.05, 0.1) is 6.61 Å². The van der Waals surface area contributed by atoms with Crippen molar-refractivity contribution in [1.29, 1.82) is 0 Å². The number of carbonyl (C=O) groups is 1. The Morgan fingerprint density at radius 2 is 2.05 bits per heavy atom. The fraction of sp³-hybridized carbons (Fsp3) is 0.938. The van der Waals surface area contributed by atoms with Gasteiger partial charge in [-0.2, -0.15) is 11.8 Å². The van der Waals surface area contributed by atoms with E-state index in [0.29, 0.717) is 11.9 Å². The third kappa shape index (κ3) is 3.91. The van der Waals surface area contributed by atoms with E-state index in [-0.39, 0.29) is 5.97 Å². The van der Waals surface area contributed by atoms with Crippen molar-refractivity contribution in [3.05, 3.63) is 0 Å². The number of ether oxygens (including phenoxy) is 1. The molecule has 2 unspecified atom stereocenters. The molecule has 2 fully saturated rings. The van der Waals surface area contributed by atoms with Crippen LogP contribution in [-0.2, 0) is 9.53 Å². The molecular weight excluding hydrogens is 270 g/mol. The van der Waals surface area contributed by atoms with Gasteiger partial charge >= 0.3 is 5.97 Å². The minimum atomic E-state index is -0.405. The Kier molecular flexibility index (Phi) is 6.21. The zero-order valence-electron chi connectivity index (χ0n) is 13.0. The summed E-state index contributed by atoms with van der Waals surface area (Å²) in [5, 5.41) is 4.04. The molecule has 0 radical (unpaired) electrons. The monoisotopic (exact) mass is 299 g/mol. The zero-order valence-corrected chi connectivity index (χ0v) is 13.8. The second-order valence-electron chi connectivity index (χ2n) is 6.18. The second kappa shape index (κ2) is 7.69. The van der Waals surface area contributed by atoms with Crippen LogP contribution in [0.4, 0.5) is 0 Å². The van der Waals surface area contributed by atoms with Crippen molar-refractivity contribution in [2.45, 2.75) is 69.6 Å². The van der Waals surface area contributed by atoms with E-state index in [4.69, 9.17) is 4.74 Å². The Morgan fingerprint density at radius 1 is 1.30 bits per heavy atom. The number of hydrogen-bond acceptors (Lipinski definition) is 4. The minimum absolute atomic E-state index is 0.0363. The molecule has 0 amide bonds. The molecular formula is C16H29NO2S. The number of thioether (sulfide) groups is 1. The summed E-state index contributed by atoms with van der Waals surface area (Å²) in [5.41, 5.74) is -0.405. The second-order valence-corrected chi connectivity index (χ2v) is 7.51. The van der Waals surface area contributed by atoms with Crippen LogP contribution in [0.15, 0.2) is 0 Å². The van der Waals surface area contributed by atoms with Gasteiger partial charge < -0.3 is 10.1 Å². The van der Waals surface area contributed by atoms with Crippen LogP contribution >= 0.6 is 11.8 Å². The molecule has 0 spiro atoms. The molecule has 4 heteroatoms. The van der Waals surface area contributed by atoms with Crippen LogP contribution in [0.5, 0.6) is 0 Å². The molecule has 2 saturated carbocycles. The van der Waals surface area contributed by atoms with E-state index in [1.165, 1.54) is 31.4 Å². The van der Waals surface area contributed by atoms with E-state index in [2.05, 4.69) is 24.0 Å². The summed E-state index contributed by atoms with van der Waals surface area (Å²) < 4.78 is 5.30. The predicted molar refractivity (Wildman–Crippen MR) is 85.1 cm³/mol. The average Bonchev–Trinajstić information content (AvgIpc) is 3.07. The molecule has 0 saturated heterocycles. The van der Waals surface area contributed by atoms with Gasteiger partial charge in [0.1, 0.15) is 5.54 Å². The SMILES string of the molecule is CCNC1(C(=O)OCC)CCC(SCC2CCCC2)C1. The highest BCUT2D eigenvalue weighted by Gasteiger charge is 2.46. The standard InChI is InChI=1S/C16H29NO2S/c1-3-17-16(15(18)19-4-2)10-9-14(11-16)20-12-13-7-5-6-8-13/h13-14,17H,3-12H2,1-2H3. The maximum absolute atomic E-state index is 12.3. The Hall–Kier alpha value is -0.220. The van der Waals surface area contributed by atoms with Gasteiger partial charge in [-0.15, -0.1) is 0 Å². The van der Waals surface area contributed by atoms with Crippen molar-refractivity contribution >= 4 is 17.7 Å². The largest absolute Gasteiger partial charge is 0.465 e. The Balaban J connectivity index is 1.84. The predicted octanol–water partition coefficient (Wildman–Crippen LogP) is 3.37. The van der Waals surface area contributed by atoms with Crippen molar-refractivity contribution in [2.75, 3.05) is 18.9 Å². The number of esters is 1. The highest BCUT2D eigenvalue weighted by Crippen LogP contribution is 2.40. The molecule has 0 aromatic heterocycles. The van der Waals surface area contributed by atoms with Gasteiger partial charge in [0.15, 0.2) is 0 Å². The first-order valence-corrected chi connectivity index (χ1v) is 9.29. The van der Waals surface area contributed by atoms with E-state index < -0.39 is 5.54 Å². The maximum Gasteiger partial charge on any atom is 0.326 e. The number of nitrogens with one attached hydrogen (secondary N) is 1. The van der Waals surface area contributed by atoms with Gasteiger partial charge in [-0.1, -0.05) is 19.8 Å². The number of likely N-dealkylation sites (N-methyl/N-ethyl adjacent to an activating group) is 1. The van der Waals surface area contributed by atoms with Crippen molar-refractivity contribution in [3.8, 4) is 0 Å². The van der Waals surface area contributed by atoms with Gasteiger partial charge in [0.2, 0.25) is 0 Å². The number of hydrogen-bond donors (Lipinski definition) is 1. The first-order valence-electron chi connectivity index (χ1n) is 8.24. The summed E-state index contributed by atoms with van der Waals surface area (Å²) in [6, 6.07) is 0. The van der Waals surface area contributed by atoms with E-state index in [9.17, 15) is 4.79 Å². The summed E-state index contributed by atoms with van der Waals surface area (Å²) in [4.78, 5) is 12.3. The highest BCUT2D eigenvalue weighted by molar-refractivity contribution is 7.99. The molecule has 2 rings (SSSR count). The smallest absolute Gasteiger partial charge is 0.326 e. The van der Waals surface area contributed by atoms with Crippen LogP contribution in [-0.4, -0.2) is 35.7 Å². The summed E-state index contributed by atoms with van der Waals surface area (Å²) >= 11 is 2.10. The van der Waals surface area contributed by atoms with Crippen molar-refractivity contribution in [2.24, 2.45) is 5.92 Å². The molecule has 0 aromatic carbocycles. The lowest BCUT2D eigenvalue weighted by Crippen LogP contribution is -2.51. The van der Waals surface area contributed by atoms with E-state index in [1.807, 2.05) is 6.92 Å². The Bertz CT molecular complexity index is 318. The van der Waals surface area contributed by atoms with Gasteiger partial charge in [-0.05, 0) is 57.2 Å². The zero-order chi connectivity index (χ0) is 14.4. The summed E-state index contributed by atoms with van der Waals surface area (Å²) in [6.07, 6.45) is 8.67. The number of carbonyl (C=O) groups excluding carboxylic acids is 1. The minimum Gasteiger partial charge on any atom is -0.465 e. The maximum atomic E-state index is 12.3. The quantitative estimate of drug-likeness (QED) is 0.732. The molecule has 2 atom stereocenters. The fourth-order valence-electron chi connectivity index (χ4n) is 3.62. The first-order chi connectivity index (χ1) is 9.70. The van der Waals surface area contributed by atoms with Gasteiger partial charge in [0, 0.05) is 5.25 Å². The van der Waals surface area contributed by atoms with E-state index >= 15 is 0 Å². The Labute approximate surface area is 127 Å². The molecule has 20 heavy (non-hydrogen) atoms. The van der Waals surface area contributed by atoms with Crippen LogP contribution < -0.4 is 5.32 Å². The van der Waals surface area contributed by atoms with Gasteiger partial charge in [0.25, 0.3) is 0 Å². The average molecular weight is 299 g/mol. The molecule has 0 aromatic rings. The first kappa shape index (κ1) is 16.2. The third-order valence-electron chi connectivity index (χ3n) is 4.69. The lowest BCUT2D eigenvalue weighted by Gasteiger charge is -2.28. The molecule has 3 nitrogen and oxygen atoms in total. The molecule has 0 aliphatic heterocycles. The van der Waals surface area contributed by atoms with Gasteiger partial charge in [-0.25, -0.2) is 0 Å². The van der Waals surface area contributed by atoms with E-state index in [0.717, 1.165) is 31.7 Å². The lowest BCUT2D eigenvalue weighted by molar-refractivity contribution is -0.151. The summed E-state index contributed by atoms with van der Waals surface area (Å²) in [5.74, 6) is 2.18. The molecule has 0 bridgehead atoms. The molecule has 0 heterocycles. The van der Waals surface area contributed by atoms with Crippen LogP contribution in [0, 0.1) is 5.92 Å². The van der Waals surface area contributed by atoms with Crippen LogP contribution in [0.1, 0.15) is 58.8 Å². The number of rotatable bonds is 7. The van der Waals surface area contributed by atoms with Crippen LogP contribution in [0.2, 0.25) is 0 Å². The summed E-state index contributed by atoms with van der Waals surface area (Å²) in [6.45, 7) is 5.27. The van der Waals surface area contributed by atoms with E-state index in [1.54, 1.807) is 0 Å². The van der Waals surface area contributed by atoms with Crippen LogP contribution in [0.25, 0.3) is 0 Å². The highest BCUT2D eigenvalue weighted by atomic mass is 32.2. The normalized spacial score (nSPS) is 30.8. The van der Waals surface area contributed by atoms with Crippen molar-refractivity contribution in [1.82, 2.24) is 5.32 Å². The molecule has 116 valence electrons. The van der Waals surface area contributed by atoms with Crippen molar-refractivity contribution in [3.63, 3.8) is 0 Å². The lowest BCUT2D eigenvalue weighted by atomic mass is 9.98. The third-order valence-corrected chi connectivity index (χ3v) is 6.23.